The molecule has 0 aromatic carbocycles. The molecule has 0 heterocycles. The normalized spacial score (nSPS) is 16.1. The fourth-order valence-electron chi connectivity index (χ4n) is 1.90. The zero-order valence-electron chi connectivity index (χ0n) is 12.1. The average Bonchev–Trinajstić information content (AvgIpc) is 2.39. The Morgan fingerprint density at radius 3 is 2.05 bits per heavy atom. The van der Waals surface area contributed by atoms with Crippen LogP contribution in [0.15, 0.2) is 23.8 Å². The number of carboxylic acids is 1. The lowest BCUT2D eigenvalue weighted by Crippen LogP contribution is -2.06. The van der Waals surface area contributed by atoms with Crippen LogP contribution in [-0.4, -0.2) is 24.2 Å². The van der Waals surface area contributed by atoms with Crippen molar-refractivity contribution in [3.05, 3.63) is 23.8 Å². The van der Waals surface area contributed by atoms with Crippen LogP contribution in [0.1, 0.15) is 46.0 Å². The average molecular weight is 268 g/mol. The van der Waals surface area contributed by atoms with E-state index in [0.29, 0.717) is 17.1 Å². The molecule has 1 saturated carbocycles. The molecule has 4 nitrogen and oxygen atoms in total. The summed E-state index contributed by atoms with van der Waals surface area (Å²) in [5, 5.41) is 8.64. The monoisotopic (exact) mass is 268 g/mol. The third-order valence-electron chi connectivity index (χ3n) is 3.01. The summed E-state index contributed by atoms with van der Waals surface area (Å²) in [6, 6.07) is 0. The summed E-state index contributed by atoms with van der Waals surface area (Å²) in [5.74, 6) is -0.601. The van der Waals surface area contributed by atoms with Crippen LogP contribution >= 0.6 is 0 Å². The molecular formula is C15H24O4. The van der Waals surface area contributed by atoms with Crippen molar-refractivity contribution in [1.82, 2.24) is 0 Å². The minimum atomic E-state index is -0.777. The van der Waals surface area contributed by atoms with E-state index in [1.165, 1.54) is 39.2 Å². The maximum atomic E-state index is 10.5. The third-order valence-corrected chi connectivity index (χ3v) is 3.01. The number of esters is 1. The Balaban J connectivity index is 0.000000399. The molecule has 108 valence electrons. The lowest BCUT2D eigenvalue weighted by molar-refractivity contribution is -0.136. The smallest absolute Gasteiger partial charge is 0.332 e. The van der Waals surface area contributed by atoms with E-state index in [2.05, 4.69) is 11.3 Å². The van der Waals surface area contributed by atoms with Gasteiger partial charge in [0.25, 0.3) is 0 Å². The van der Waals surface area contributed by atoms with Crippen LogP contribution in [0.25, 0.3) is 0 Å². The summed E-state index contributed by atoms with van der Waals surface area (Å²) in [6.07, 6.45) is 8.09. The second-order valence-corrected chi connectivity index (χ2v) is 4.82. The number of carbonyl (C=O) groups is 2. The van der Waals surface area contributed by atoms with E-state index >= 15 is 0 Å². The maximum absolute atomic E-state index is 10.5. The van der Waals surface area contributed by atoms with Crippen molar-refractivity contribution >= 4 is 11.9 Å². The molecule has 1 rings (SSSR count). The van der Waals surface area contributed by atoms with E-state index in [9.17, 15) is 9.59 Å². The lowest BCUT2D eigenvalue weighted by Gasteiger charge is -2.18. The minimum absolute atomic E-state index is 0.347. The molecule has 0 atom stereocenters. The molecule has 0 aliphatic heterocycles. The molecule has 1 aliphatic rings. The second-order valence-electron chi connectivity index (χ2n) is 4.82. The predicted molar refractivity (Wildman–Crippen MR) is 74.8 cm³/mol. The van der Waals surface area contributed by atoms with Crippen LogP contribution in [-0.2, 0) is 14.3 Å². The van der Waals surface area contributed by atoms with Crippen LogP contribution in [0.3, 0.4) is 0 Å². The summed E-state index contributed by atoms with van der Waals surface area (Å²) < 4.78 is 4.27. The highest BCUT2D eigenvalue weighted by Crippen LogP contribution is 2.25. The first-order valence-electron chi connectivity index (χ1n) is 6.54. The highest BCUT2D eigenvalue weighted by Gasteiger charge is 2.12. The number of ether oxygens (including phenoxy) is 1. The molecule has 1 N–H and O–H groups in total. The summed E-state index contributed by atoms with van der Waals surface area (Å²) in [4.78, 5) is 20.7. The molecule has 1 fully saturated rings. The topological polar surface area (TPSA) is 63.6 Å². The first-order chi connectivity index (χ1) is 8.88. The Morgan fingerprint density at radius 2 is 1.74 bits per heavy atom. The molecule has 0 unspecified atom stereocenters. The van der Waals surface area contributed by atoms with Gasteiger partial charge in [-0.2, -0.15) is 0 Å². The van der Waals surface area contributed by atoms with E-state index in [1.54, 1.807) is 13.8 Å². The van der Waals surface area contributed by atoms with Gasteiger partial charge in [-0.25, -0.2) is 9.59 Å². The van der Waals surface area contributed by atoms with E-state index in [0.717, 1.165) is 0 Å². The fraction of sp³-hybridized carbons (Fsp3) is 0.600. The van der Waals surface area contributed by atoms with Gasteiger partial charge < -0.3 is 9.84 Å². The Hall–Kier alpha value is -1.58. The highest BCUT2D eigenvalue weighted by molar-refractivity contribution is 5.86. The maximum Gasteiger partial charge on any atom is 0.332 e. The van der Waals surface area contributed by atoms with Gasteiger partial charge in [0.05, 0.1) is 7.11 Å². The van der Waals surface area contributed by atoms with Gasteiger partial charge in [-0.1, -0.05) is 31.9 Å². The number of rotatable bonds is 3. The molecule has 0 amide bonds. The molecule has 0 saturated heterocycles. The lowest BCUT2D eigenvalue weighted by atomic mass is 9.88. The van der Waals surface area contributed by atoms with Gasteiger partial charge in [-0.15, -0.1) is 0 Å². The summed E-state index contributed by atoms with van der Waals surface area (Å²) in [7, 11) is 1.33. The van der Waals surface area contributed by atoms with Crippen LogP contribution in [0, 0.1) is 5.92 Å². The number of allylic oxidation sites excluding steroid dienone is 1. The SMILES string of the molecule is C=C(C)C(=O)OC.CC(=CC1CCCCC1)C(=O)O. The summed E-state index contributed by atoms with van der Waals surface area (Å²) in [5.41, 5.74) is 0.935. The van der Waals surface area contributed by atoms with Crippen molar-refractivity contribution in [2.75, 3.05) is 7.11 Å². The quantitative estimate of drug-likeness (QED) is 0.630. The van der Waals surface area contributed by atoms with Gasteiger partial charge in [0.2, 0.25) is 0 Å². The van der Waals surface area contributed by atoms with E-state index < -0.39 is 5.97 Å². The van der Waals surface area contributed by atoms with Crippen molar-refractivity contribution in [3.8, 4) is 0 Å². The molecule has 19 heavy (non-hydrogen) atoms. The zero-order valence-corrected chi connectivity index (χ0v) is 12.1. The number of methoxy groups -OCH3 is 1. The fourth-order valence-corrected chi connectivity index (χ4v) is 1.90. The van der Waals surface area contributed by atoms with Crippen molar-refractivity contribution < 1.29 is 19.4 Å². The van der Waals surface area contributed by atoms with Gasteiger partial charge in [-0.05, 0) is 32.6 Å². The van der Waals surface area contributed by atoms with Crippen molar-refractivity contribution in [3.63, 3.8) is 0 Å². The highest BCUT2D eigenvalue weighted by atomic mass is 16.5. The molecule has 0 aromatic heterocycles. The van der Waals surface area contributed by atoms with Gasteiger partial charge in [-0.3, -0.25) is 0 Å². The van der Waals surface area contributed by atoms with Crippen LogP contribution in [0.2, 0.25) is 0 Å². The van der Waals surface area contributed by atoms with Gasteiger partial charge >= 0.3 is 11.9 Å². The molecular weight excluding hydrogens is 244 g/mol. The Labute approximate surface area is 115 Å². The minimum Gasteiger partial charge on any atom is -0.478 e. The Bertz CT molecular complexity index is 349. The van der Waals surface area contributed by atoms with Gasteiger partial charge in [0, 0.05) is 11.1 Å². The molecule has 0 aromatic rings. The van der Waals surface area contributed by atoms with Crippen LogP contribution < -0.4 is 0 Å². The predicted octanol–water partition coefficient (Wildman–Crippen LogP) is 3.33. The molecule has 0 spiro atoms. The zero-order chi connectivity index (χ0) is 14.8. The van der Waals surface area contributed by atoms with E-state index in [4.69, 9.17) is 5.11 Å². The third kappa shape index (κ3) is 8.19. The Kier molecular flexibility index (Phi) is 8.58. The van der Waals surface area contributed by atoms with E-state index in [1.807, 2.05) is 6.08 Å². The number of carbonyl (C=O) groups excluding carboxylic acids is 1. The standard InChI is InChI=1S/C10H16O2.C5H8O2/c1-8(10(11)12)7-9-5-3-2-4-6-9;1-4(2)5(6)7-3/h7,9H,2-6H2,1H3,(H,11,12);1H2,2-3H3. The van der Waals surface area contributed by atoms with Crippen molar-refractivity contribution in [2.45, 2.75) is 46.0 Å². The summed E-state index contributed by atoms with van der Waals surface area (Å²) >= 11 is 0. The van der Waals surface area contributed by atoms with Crippen LogP contribution in [0.4, 0.5) is 0 Å². The van der Waals surface area contributed by atoms with Gasteiger partial charge in [0.15, 0.2) is 0 Å². The summed E-state index contributed by atoms with van der Waals surface area (Å²) in [6.45, 7) is 6.63. The molecule has 0 radical (unpaired) electrons. The molecule has 1 aliphatic carbocycles. The second kappa shape index (κ2) is 9.36. The molecule has 0 bridgehead atoms. The van der Waals surface area contributed by atoms with Crippen molar-refractivity contribution in [1.29, 1.82) is 0 Å². The number of hydrogen-bond donors (Lipinski definition) is 1. The number of aliphatic carboxylic acids is 1. The van der Waals surface area contributed by atoms with E-state index in [-0.39, 0.29) is 5.97 Å². The van der Waals surface area contributed by atoms with Crippen molar-refractivity contribution in [2.24, 2.45) is 5.92 Å². The van der Waals surface area contributed by atoms with Crippen LogP contribution in [0.5, 0.6) is 0 Å². The Morgan fingerprint density at radius 1 is 1.21 bits per heavy atom. The first-order valence-corrected chi connectivity index (χ1v) is 6.54. The largest absolute Gasteiger partial charge is 0.478 e. The first kappa shape index (κ1) is 17.4. The molecule has 4 heteroatoms. The van der Waals surface area contributed by atoms with Gasteiger partial charge in [0.1, 0.15) is 0 Å². The number of carboxylic acid groups (broad SMARTS) is 1. The number of hydrogen-bond acceptors (Lipinski definition) is 3.